The third-order valence-electron chi connectivity index (χ3n) is 9.15. The molecular weight excluding hydrogens is 480 g/mol. The summed E-state index contributed by atoms with van der Waals surface area (Å²) >= 11 is 0. The van der Waals surface area contributed by atoms with Gasteiger partial charge in [0.25, 0.3) is 0 Å². The van der Waals surface area contributed by atoms with Gasteiger partial charge in [-0.15, -0.1) is 0 Å². The minimum Gasteiger partial charge on any atom is -0.327 e. The Bertz CT molecular complexity index is 1750. The molecule has 0 aromatic carbocycles. The molecule has 2 spiro atoms. The van der Waals surface area contributed by atoms with E-state index < -0.39 is 5.41 Å². The van der Waals surface area contributed by atoms with Crippen molar-refractivity contribution >= 4 is 45.0 Å². The summed E-state index contributed by atoms with van der Waals surface area (Å²) in [6.45, 7) is 1.98. The number of carbonyl (C=O) groups excluding carboxylic acids is 2. The van der Waals surface area contributed by atoms with Crippen LogP contribution < -0.4 is 15.4 Å². The molecule has 1 N–H and O–H groups in total. The molecule has 9 nitrogen and oxygen atoms in total. The Morgan fingerprint density at radius 3 is 1.79 bits per heavy atom. The van der Waals surface area contributed by atoms with Gasteiger partial charge in [0.2, 0.25) is 17.4 Å². The van der Waals surface area contributed by atoms with E-state index in [-0.39, 0.29) is 22.8 Å². The summed E-state index contributed by atoms with van der Waals surface area (Å²) in [5.74, 6) is 0.376. The van der Waals surface area contributed by atoms with Crippen LogP contribution in [-0.2, 0) is 20.4 Å². The number of hydrogen-bond acceptors (Lipinski definition) is 6. The highest BCUT2D eigenvalue weighted by Gasteiger charge is 2.55. The summed E-state index contributed by atoms with van der Waals surface area (Å²) in [6.07, 6.45) is 12.8. The molecule has 4 aliphatic rings. The van der Waals surface area contributed by atoms with Crippen molar-refractivity contribution in [2.75, 3.05) is 23.9 Å². The molecule has 8 rings (SSSR count). The van der Waals surface area contributed by atoms with Gasteiger partial charge in [-0.2, -0.15) is 0 Å². The lowest BCUT2D eigenvalue weighted by atomic mass is 9.64. The standard InChI is InChI=1S/C15H15N3O.C14H13N3O2/c1-9-6-10-11(7-16-9)17-8-12-13(10)15(4-3-5-15)14(19)18(12)2;1-17-10-7-15-9-6-16-11(18)5-8(9)12(10)14(13(17)19)3-2-4-14/h6-8H,3-5H2,1-2H3;5-7H,2-4H2,1H3,(H,16,18). The number of carbonyl (C=O) groups is 2. The highest BCUT2D eigenvalue weighted by Crippen LogP contribution is 2.55. The second-order valence-electron chi connectivity index (χ2n) is 11.1. The van der Waals surface area contributed by atoms with E-state index in [4.69, 9.17) is 0 Å². The highest BCUT2D eigenvalue weighted by molar-refractivity contribution is 6.13. The van der Waals surface area contributed by atoms with Crippen LogP contribution in [0.5, 0.6) is 0 Å². The molecule has 192 valence electrons. The molecule has 38 heavy (non-hydrogen) atoms. The Kier molecular flexibility index (Phi) is 4.66. The number of hydrogen-bond donors (Lipinski definition) is 1. The molecular formula is C29H28N6O3. The number of rotatable bonds is 0. The second kappa shape index (κ2) is 7.69. The van der Waals surface area contributed by atoms with E-state index in [9.17, 15) is 14.4 Å². The van der Waals surface area contributed by atoms with Gasteiger partial charge in [-0.05, 0) is 38.7 Å². The lowest BCUT2D eigenvalue weighted by molar-refractivity contribution is -0.126. The van der Waals surface area contributed by atoms with Crippen molar-refractivity contribution in [1.82, 2.24) is 19.9 Å². The molecule has 0 radical (unpaired) electrons. The molecule has 2 fully saturated rings. The maximum absolute atomic E-state index is 12.6. The number of nitrogens with zero attached hydrogens (tertiary/aromatic N) is 5. The van der Waals surface area contributed by atoms with Gasteiger partial charge in [0, 0.05) is 54.0 Å². The molecule has 0 bridgehead atoms. The van der Waals surface area contributed by atoms with Gasteiger partial charge in [0.1, 0.15) is 0 Å². The zero-order valence-electron chi connectivity index (χ0n) is 21.7. The normalized spacial score (nSPS) is 19.9. The highest BCUT2D eigenvalue weighted by atomic mass is 16.2. The fourth-order valence-electron chi connectivity index (χ4n) is 6.87. The van der Waals surface area contributed by atoms with Crippen LogP contribution in [0.3, 0.4) is 0 Å². The number of H-pyrrole nitrogens is 1. The fourth-order valence-corrected chi connectivity index (χ4v) is 6.87. The van der Waals surface area contributed by atoms with Gasteiger partial charge < -0.3 is 14.8 Å². The molecule has 2 amide bonds. The average Bonchev–Trinajstić information content (AvgIpc) is 3.24. The van der Waals surface area contributed by atoms with Crippen molar-refractivity contribution in [3.8, 4) is 0 Å². The number of amides is 2. The van der Waals surface area contributed by atoms with E-state index >= 15 is 0 Å². The van der Waals surface area contributed by atoms with Gasteiger partial charge in [-0.25, -0.2) is 0 Å². The summed E-state index contributed by atoms with van der Waals surface area (Å²) in [6, 6.07) is 3.63. The van der Waals surface area contributed by atoms with Gasteiger partial charge >= 0.3 is 0 Å². The molecule has 2 aliphatic heterocycles. The first kappa shape index (κ1) is 23.0. The van der Waals surface area contributed by atoms with Crippen LogP contribution >= 0.6 is 0 Å². The van der Waals surface area contributed by atoms with Crippen molar-refractivity contribution in [2.45, 2.75) is 56.3 Å². The third-order valence-corrected chi connectivity index (χ3v) is 9.15. The molecule has 9 heteroatoms. The van der Waals surface area contributed by atoms with Crippen LogP contribution in [0.4, 0.5) is 11.4 Å². The Labute approximate surface area is 218 Å². The van der Waals surface area contributed by atoms with Crippen LogP contribution in [0.25, 0.3) is 21.8 Å². The molecule has 0 atom stereocenters. The molecule has 0 unspecified atom stereocenters. The number of aryl methyl sites for hydroxylation is 1. The Morgan fingerprint density at radius 1 is 0.737 bits per heavy atom. The van der Waals surface area contributed by atoms with Crippen molar-refractivity contribution in [3.05, 3.63) is 64.1 Å². The molecule has 0 saturated heterocycles. The molecule has 2 aliphatic carbocycles. The number of aromatic amines is 1. The Morgan fingerprint density at radius 2 is 1.26 bits per heavy atom. The van der Waals surface area contributed by atoms with Crippen LogP contribution in [0.2, 0.25) is 0 Å². The first-order chi connectivity index (χ1) is 18.3. The maximum atomic E-state index is 12.6. The zero-order chi connectivity index (χ0) is 26.4. The molecule has 4 aromatic rings. The first-order valence-electron chi connectivity index (χ1n) is 13.1. The lowest BCUT2D eigenvalue weighted by Gasteiger charge is -2.37. The summed E-state index contributed by atoms with van der Waals surface area (Å²) in [4.78, 5) is 55.8. The monoisotopic (exact) mass is 508 g/mol. The number of fused-ring (bicyclic) bond motifs is 8. The topological polar surface area (TPSA) is 112 Å². The van der Waals surface area contributed by atoms with Crippen molar-refractivity contribution in [2.24, 2.45) is 0 Å². The first-order valence-corrected chi connectivity index (χ1v) is 13.1. The largest absolute Gasteiger partial charge is 0.327 e. The van der Waals surface area contributed by atoms with Gasteiger partial charge in [-0.1, -0.05) is 12.8 Å². The van der Waals surface area contributed by atoms with Crippen LogP contribution in [0, 0.1) is 6.92 Å². The smallest absolute Gasteiger partial charge is 0.248 e. The number of aromatic nitrogens is 4. The van der Waals surface area contributed by atoms with Gasteiger partial charge in [0.05, 0.1) is 51.8 Å². The van der Waals surface area contributed by atoms with E-state index in [1.165, 1.54) is 5.56 Å². The molecule has 4 aromatic heterocycles. The minimum absolute atomic E-state index is 0.142. The van der Waals surface area contributed by atoms with E-state index in [1.807, 2.05) is 20.2 Å². The minimum atomic E-state index is -0.404. The van der Waals surface area contributed by atoms with E-state index in [1.54, 1.807) is 41.5 Å². The molecule has 6 heterocycles. The summed E-state index contributed by atoms with van der Waals surface area (Å²) in [5.41, 5.74) is 5.78. The van der Waals surface area contributed by atoms with Crippen LogP contribution in [0.1, 0.15) is 55.3 Å². The van der Waals surface area contributed by atoms with E-state index in [2.05, 4.69) is 26.0 Å². The number of pyridine rings is 4. The maximum Gasteiger partial charge on any atom is 0.248 e. The quantitative estimate of drug-likeness (QED) is 0.388. The van der Waals surface area contributed by atoms with Crippen molar-refractivity contribution in [3.63, 3.8) is 0 Å². The average molecular weight is 509 g/mol. The second-order valence-corrected chi connectivity index (χ2v) is 11.1. The van der Waals surface area contributed by atoms with Crippen LogP contribution in [0.15, 0.2) is 41.7 Å². The van der Waals surface area contributed by atoms with Crippen molar-refractivity contribution < 1.29 is 9.59 Å². The lowest BCUT2D eigenvalue weighted by Crippen LogP contribution is -2.44. The summed E-state index contributed by atoms with van der Waals surface area (Å²) in [5, 5.41) is 1.92. The summed E-state index contributed by atoms with van der Waals surface area (Å²) < 4.78 is 0. The fraction of sp³-hybridized carbons (Fsp3) is 0.379. The Hall–Kier alpha value is -4.14. The summed E-state index contributed by atoms with van der Waals surface area (Å²) in [7, 11) is 3.64. The Balaban J connectivity index is 0.000000127. The van der Waals surface area contributed by atoms with Gasteiger partial charge in [-0.3, -0.25) is 29.3 Å². The predicted molar refractivity (Wildman–Crippen MR) is 145 cm³/mol. The molecule has 2 saturated carbocycles. The third kappa shape index (κ3) is 2.81. The van der Waals surface area contributed by atoms with E-state index in [0.29, 0.717) is 0 Å². The number of anilines is 2. The van der Waals surface area contributed by atoms with Crippen molar-refractivity contribution in [1.29, 1.82) is 0 Å². The number of likely N-dealkylation sites (N-methyl/N-ethyl adjacent to an activating group) is 2. The number of nitrogens with one attached hydrogen (secondary N) is 1. The predicted octanol–water partition coefficient (Wildman–Crippen LogP) is 3.66. The van der Waals surface area contributed by atoms with Gasteiger partial charge in [0.15, 0.2) is 0 Å². The SMILES string of the molecule is CN1C(=O)C2(CCC2)c2c1cnc1c[nH]c(=O)cc21.Cc1cc2c3c(cnc2cn1)N(C)C(=O)C31CCC1. The zero-order valence-corrected chi connectivity index (χ0v) is 21.7. The van der Waals surface area contributed by atoms with E-state index in [0.717, 1.165) is 83.0 Å². The van der Waals surface area contributed by atoms with Crippen LogP contribution in [-0.4, -0.2) is 45.8 Å².